The second-order valence-electron chi connectivity index (χ2n) is 6.38. The second kappa shape index (κ2) is 6.23. The summed E-state index contributed by atoms with van der Waals surface area (Å²) in [5.41, 5.74) is 0. The first kappa shape index (κ1) is 14.8. The standard InChI is InChI=1S/C15H28N2O2/c1-5-14-12(6-7-19-14)9-17-11(4)16-13(15(17)18)8-10(2)3/h10-14,16H,5-9H2,1-4H3. The number of ether oxygens (including phenoxy) is 1. The molecule has 2 aliphatic rings. The molecular formula is C15H28N2O2. The Kier molecular flexibility index (Phi) is 4.85. The molecule has 0 aromatic heterocycles. The van der Waals surface area contributed by atoms with Gasteiger partial charge in [0.25, 0.3) is 0 Å². The molecule has 4 nitrogen and oxygen atoms in total. The minimum atomic E-state index is 0.0115. The molecule has 0 saturated carbocycles. The van der Waals surface area contributed by atoms with E-state index in [0.717, 1.165) is 32.4 Å². The van der Waals surface area contributed by atoms with Gasteiger partial charge in [0.2, 0.25) is 5.91 Å². The molecule has 0 bridgehead atoms. The van der Waals surface area contributed by atoms with Gasteiger partial charge in [0.15, 0.2) is 0 Å². The third kappa shape index (κ3) is 3.29. The zero-order valence-corrected chi connectivity index (χ0v) is 12.7. The van der Waals surface area contributed by atoms with Gasteiger partial charge in [-0.15, -0.1) is 0 Å². The van der Waals surface area contributed by atoms with Crippen molar-refractivity contribution in [2.75, 3.05) is 13.2 Å². The minimum absolute atomic E-state index is 0.0115. The van der Waals surface area contributed by atoms with E-state index < -0.39 is 0 Å². The van der Waals surface area contributed by atoms with Crippen molar-refractivity contribution in [3.8, 4) is 0 Å². The van der Waals surface area contributed by atoms with E-state index in [1.807, 2.05) is 4.90 Å². The van der Waals surface area contributed by atoms with Crippen molar-refractivity contribution in [2.24, 2.45) is 11.8 Å². The monoisotopic (exact) mass is 268 g/mol. The number of rotatable bonds is 5. The van der Waals surface area contributed by atoms with Crippen LogP contribution in [0.4, 0.5) is 0 Å². The first-order valence-corrected chi connectivity index (χ1v) is 7.71. The van der Waals surface area contributed by atoms with Gasteiger partial charge in [0, 0.05) is 19.1 Å². The number of carbonyl (C=O) groups excluding carboxylic acids is 1. The minimum Gasteiger partial charge on any atom is -0.378 e. The molecule has 2 saturated heterocycles. The van der Waals surface area contributed by atoms with Crippen LogP contribution in [0.25, 0.3) is 0 Å². The van der Waals surface area contributed by atoms with E-state index in [9.17, 15) is 4.79 Å². The molecule has 0 aliphatic carbocycles. The van der Waals surface area contributed by atoms with E-state index in [1.165, 1.54) is 0 Å². The van der Waals surface area contributed by atoms with Crippen LogP contribution < -0.4 is 5.32 Å². The average molecular weight is 268 g/mol. The average Bonchev–Trinajstić information content (AvgIpc) is 2.89. The lowest BCUT2D eigenvalue weighted by Gasteiger charge is -2.26. The quantitative estimate of drug-likeness (QED) is 0.829. The summed E-state index contributed by atoms with van der Waals surface area (Å²) in [4.78, 5) is 14.5. The number of amides is 1. The highest BCUT2D eigenvalue weighted by Gasteiger charge is 2.39. The number of nitrogens with one attached hydrogen (secondary N) is 1. The van der Waals surface area contributed by atoms with Crippen LogP contribution in [0.5, 0.6) is 0 Å². The van der Waals surface area contributed by atoms with Gasteiger partial charge in [0.05, 0.1) is 18.3 Å². The Morgan fingerprint density at radius 3 is 2.84 bits per heavy atom. The maximum atomic E-state index is 12.5. The number of hydrogen-bond donors (Lipinski definition) is 1. The fourth-order valence-corrected chi connectivity index (χ4v) is 3.34. The molecule has 2 rings (SSSR count). The van der Waals surface area contributed by atoms with E-state index in [4.69, 9.17) is 4.74 Å². The molecule has 2 heterocycles. The summed E-state index contributed by atoms with van der Waals surface area (Å²) in [6.07, 6.45) is 3.56. The lowest BCUT2D eigenvalue weighted by atomic mass is 9.98. The summed E-state index contributed by atoms with van der Waals surface area (Å²) in [7, 11) is 0. The van der Waals surface area contributed by atoms with E-state index in [1.54, 1.807) is 0 Å². The lowest BCUT2D eigenvalue weighted by molar-refractivity contribution is -0.131. The molecule has 2 fully saturated rings. The van der Waals surface area contributed by atoms with Gasteiger partial charge < -0.3 is 9.64 Å². The van der Waals surface area contributed by atoms with Gasteiger partial charge in [-0.25, -0.2) is 0 Å². The molecule has 4 unspecified atom stereocenters. The van der Waals surface area contributed by atoms with Crippen molar-refractivity contribution >= 4 is 5.91 Å². The van der Waals surface area contributed by atoms with Crippen molar-refractivity contribution in [1.29, 1.82) is 0 Å². The maximum absolute atomic E-state index is 12.5. The van der Waals surface area contributed by atoms with Gasteiger partial charge in [-0.3, -0.25) is 10.1 Å². The fourth-order valence-electron chi connectivity index (χ4n) is 3.34. The zero-order valence-electron chi connectivity index (χ0n) is 12.7. The van der Waals surface area contributed by atoms with Crippen molar-refractivity contribution in [2.45, 2.75) is 65.3 Å². The first-order valence-electron chi connectivity index (χ1n) is 7.71. The van der Waals surface area contributed by atoms with Gasteiger partial charge in [-0.2, -0.15) is 0 Å². The highest BCUT2D eigenvalue weighted by molar-refractivity contribution is 5.84. The summed E-state index contributed by atoms with van der Waals surface area (Å²) in [6.45, 7) is 10.3. The van der Waals surface area contributed by atoms with Crippen LogP contribution in [0.15, 0.2) is 0 Å². The normalized spacial score (nSPS) is 35.6. The number of hydrogen-bond acceptors (Lipinski definition) is 3. The SMILES string of the molecule is CCC1OCCC1CN1C(=O)C(CC(C)C)NC1C. The molecule has 110 valence electrons. The van der Waals surface area contributed by atoms with Crippen LogP contribution >= 0.6 is 0 Å². The number of nitrogens with zero attached hydrogens (tertiary/aromatic N) is 1. The smallest absolute Gasteiger partial charge is 0.241 e. The van der Waals surface area contributed by atoms with Crippen molar-refractivity contribution in [1.82, 2.24) is 10.2 Å². The maximum Gasteiger partial charge on any atom is 0.241 e. The largest absolute Gasteiger partial charge is 0.378 e. The van der Waals surface area contributed by atoms with Crippen LogP contribution in [0, 0.1) is 11.8 Å². The Balaban J connectivity index is 1.94. The first-order chi connectivity index (χ1) is 9.02. The Morgan fingerprint density at radius 1 is 1.47 bits per heavy atom. The third-order valence-corrected chi connectivity index (χ3v) is 4.38. The zero-order chi connectivity index (χ0) is 14.0. The topological polar surface area (TPSA) is 41.6 Å². The Bertz CT molecular complexity index is 319. The molecule has 0 radical (unpaired) electrons. The summed E-state index contributed by atoms with van der Waals surface area (Å²) >= 11 is 0. The van der Waals surface area contributed by atoms with Crippen LogP contribution in [0.1, 0.15) is 47.0 Å². The molecule has 0 aromatic rings. The molecular weight excluding hydrogens is 240 g/mol. The predicted molar refractivity (Wildman–Crippen MR) is 75.7 cm³/mol. The molecule has 4 heteroatoms. The Hall–Kier alpha value is -0.610. The molecule has 0 aromatic carbocycles. The number of carbonyl (C=O) groups is 1. The highest BCUT2D eigenvalue weighted by atomic mass is 16.5. The molecule has 2 aliphatic heterocycles. The van der Waals surface area contributed by atoms with Crippen molar-refractivity contribution < 1.29 is 9.53 Å². The molecule has 1 N–H and O–H groups in total. The van der Waals surface area contributed by atoms with E-state index >= 15 is 0 Å². The second-order valence-corrected chi connectivity index (χ2v) is 6.38. The summed E-state index contributed by atoms with van der Waals surface area (Å²) in [5, 5.41) is 3.43. The van der Waals surface area contributed by atoms with E-state index in [-0.39, 0.29) is 18.1 Å². The van der Waals surface area contributed by atoms with Gasteiger partial charge in [-0.05, 0) is 32.1 Å². The van der Waals surface area contributed by atoms with E-state index in [0.29, 0.717) is 17.9 Å². The highest BCUT2D eigenvalue weighted by Crippen LogP contribution is 2.27. The van der Waals surface area contributed by atoms with Gasteiger partial charge in [0.1, 0.15) is 0 Å². The lowest BCUT2D eigenvalue weighted by Crippen LogP contribution is -2.40. The predicted octanol–water partition coefficient (Wildman–Crippen LogP) is 1.99. The summed E-state index contributed by atoms with van der Waals surface area (Å²) < 4.78 is 5.73. The van der Waals surface area contributed by atoms with Crippen LogP contribution in [0.3, 0.4) is 0 Å². The van der Waals surface area contributed by atoms with Crippen LogP contribution in [0.2, 0.25) is 0 Å². The molecule has 0 spiro atoms. The van der Waals surface area contributed by atoms with Crippen molar-refractivity contribution in [3.05, 3.63) is 0 Å². The van der Waals surface area contributed by atoms with Gasteiger partial charge in [-0.1, -0.05) is 20.8 Å². The Morgan fingerprint density at radius 2 is 2.21 bits per heavy atom. The van der Waals surface area contributed by atoms with Crippen LogP contribution in [-0.4, -0.2) is 42.3 Å². The van der Waals surface area contributed by atoms with Crippen molar-refractivity contribution in [3.63, 3.8) is 0 Å². The molecule has 1 amide bonds. The van der Waals surface area contributed by atoms with Gasteiger partial charge >= 0.3 is 0 Å². The summed E-state index contributed by atoms with van der Waals surface area (Å²) in [5.74, 6) is 1.34. The van der Waals surface area contributed by atoms with E-state index in [2.05, 4.69) is 33.0 Å². The molecule has 4 atom stereocenters. The third-order valence-electron chi connectivity index (χ3n) is 4.38. The molecule has 19 heavy (non-hydrogen) atoms. The Labute approximate surface area is 116 Å². The van der Waals surface area contributed by atoms with Crippen LogP contribution in [-0.2, 0) is 9.53 Å². The fraction of sp³-hybridized carbons (Fsp3) is 0.933. The summed E-state index contributed by atoms with van der Waals surface area (Å²) in [6, 6.07) is 0.0115.